The number of halogens is 4. The molecule has 0 spiro atoms. The van der Waals surface area contributed by atoms with Gasteiger partial charge in [0.1, 0.15) is 29.5 Å². The Balaban J connectivity index is 1.60. The summed E-state index contributed by atoms with van der Waals surface area (Å²) in [5, 5.41) is 3.99. The molecule has 4 rings (SSSR count). The van der Waals surface area contributed by atoms with Gasteiger partial charge in [0, 0.05) is 23.6 Å². The summed E-state index contributed by atoms with van der Waals surface area (Å²) in [5.74, 6) is 5.54. The molecule has 0 aliphatic carbocycles. The predicted octanol–water partition coefficient (Wildman–Crippen LogP) is 4.83. The molecular weight excluding hydrogens is 468 g/mol. The van der Waals surface area contributed by atoms with E-state index in [9.17, 15) is 17.6 Å². The molecule has 0 radical (unpaired) electrons. The number of aliphatic imine (C=N–C) groups is 1. The van der Waals surface area contributed by atoms with Crippen molar-refractivity contribution in [3.8, 4) is 40.3 Å². The van der Waals surface area contributed by atoms with E-state index in [-0.39, 0.29) is 17.9 Å². The summed E-state index contributed by atoms with van der Waals surface area (Å²) in [6.07, 6.45) is -3.77. The summed E-state index contributed by atoms with van der Waals surface area (Å²) < 4.78 is 71.0. The van der Waals surface area contributed by atoms with E-state index >= 15 is 0 Å². The summed E-state index contributed by atoms with van der Waals surface area (Å²) in [6, 6.07) is 6.09. The van der Waals surface area contributed by atoms with Gasteiger partial charge < -0.3 is 19.7 Å². The van der Waals surface area contributed by atoms with Crippen LogP contribution in [0.4, 0.5) is 17.6 Å². The van der Waals surface area contributed by atoms with Crippen LogP contribution in [-0.4, -0.2) is 35.0 Å². The first-order valence-corrected chi connectivity index (χ1v) is 10.4. The van der Waals surface area contributed by atoms with Crippen molar-refractivity contribution in [3.63, 3.8) is 0 Å². The van der Waals surface area contributed by atoms with Crippen LogP contribution in [0.1, 0.15) is 25.8 Å². The molecule has 2 atom stereocenters. The number of nitrogens with zero attached hydrogens (tertiary/aromatic N) is 3. The van der Waals surface area contributed by atoms with Gasteiger partial charge in [0.15, 0.2) is 11.8 Å². The average molecular weight is 488 g/mol. The maximum absolute atomic E-state index is 14.8. The summed E-state index contributed by atoms with van der Waals surface area (Å²) in [4.78, 5) is 7.60. The third kappa shape index (κ3) is 5.21. The van der Waals surface area contributed by atoms with Crippen molar-refractivity contribution in [2.24, 2.45) is 10.7 Å². The molecule has 0 bridgehead atoms. The van der Waals surface area contributed by atoms with Crippen LogP contribution in [0.3, 0.4) is 0 Å². The number of ether oxygens (including phenoxy) is 2. The SMILES string of the molecule is CC#CCOc1ccc(-c2cc(-c3ccc(F)c([C@]4(C)C[C@@H](C(F)(F)F)N=C(N)O4)c3)on2)nc1. The van der Waals surface area contributed by atoms with Crippen LogP contribution in [0.15, 0.2) is 52.1 Å². The highest BCUT2D eigenvalue weighted by molar-refractivity contribution is 5.73. The van der Waals surface area contributed by atoms with Crippen LogP contribution < -0.4 is 10.5 Å². The second-order valence-electron chi connectivity index (χ2n) is 7.93. The van der Waals surface area contributed by atoms with Crippen LogP contribution in [-0.2, 0) is 10.3 Å². The molecule has 3 aromatic rings. The minimum absolute atomic E-state index is 0.116. The Bertz CT molecular complexity index is 1310. The normalized spacial score (nSPS) is 19.8. The van der Waals surface area contributed by atoms with Crippen molar-refractivity contribution in [1.29, 1.82) is 0 Å². The van der Waals surface area contributed by atoms with Crippen LogP contribution in [0.2, 0.25) is 0 Å². The van der Waals surface area contributed by atoms with Gasteiger partial charge in [-0.1, -0.05) is 11.1 Å². The molecule has 35 heavy (non-hydrogen) atoms. The molecule has 0 saturated heterocycles. The first-order valence-electron chi connectivity index (χ1n) is 10.4. The van der Waals surface area contributed by atoms with E-state index in [1.165, 1.54) is 25.3 Å². The van der Waals surface area contributed by atoms with E-state index in [0.717, 1.165) is 6.07 Å². The van der Waals surface area contributed by atoms with Crippen molar-refractivity contribution in [1.82, 2.24) is 10.1 Å². The zero-order chi connectivity index (χ0) is 25.2. The van der Waals surface area contributed by atoms with Crippen molar-refractivity contribution in [2.45, 2.75) is 38.1 Å². The van der Waals surface area contributed by atoms with Gasteiger partial charge in [-0.25, -0.2) is 9.38 Å². The highest BCUT2D eigenvalue weighted by Crippen LogP contribution is 2.41. The number of rotatable bonds is 5. The van der Waals surface area contributed by atoms with Gasteiger partial charge in [-0.2, -0.15) is 13.2 Å². The van der Waals surface area contributed by atoms with Crippen molar-refractivity contribution in [2.75, 3.05) is 6.61 Å². The second-order valence-corrected chi connectivity index (χ2v) is 7.93. The van der Waals surface area contributed by atoms with Crippen LogP contribution >= 0.6 is 0 Å². The quantitative estimate of drug-likeness (QED) is 0.409. The lowest BCUT2D eigenvalue weighted by Crippen LogP contribution is -2.46. The smallest absolute Gasteiger partial charge is 0.411 e. The lowest BCUT2D eigenvalue weighted by Gasteiger charge is -2.37. The number of hydrogen-bond donors (Lipinski definition) is 1. The lowest BCUT2D eigenvalue weighted by molar-refractivity contribution is -0.164. The average Bonchev–Trinajstić information content (AvgIpc) is 3.29. The van der Waals surface area contributed by atoms with Gasteiger partial charge in [0.2, 0.25) is 0 Å². The number of nitrogens with two attached hydrogens (primary N) is 1. The Hall–Kier alpha value is -4.07. The van der Waals surface area contributed by atoms with Gasteiger partial charge in [-0.05, 0) is 44.2 Å². The molecule has 0 fully saturated rings. The number of alkyl halides is 3. The maximum Gasteiger partial charge on any atom is 0.411 e. The van der Waals surface area contributed by atoms with Crippen LogP contribution in [0.25, 0.3) is 22.7 Å². The predicted molar refractivity (Wildman–Crippen MR) is 119 cm³/mol. The Kier molecular flexibility index (Phi) is 6.39. The third-order valence-electron chi connectivity index (χ3n) is 5.39. The topological polar surface area (TPSA) is 95.8 Å². The van der Waals surface area contributed by atoms with Gasteiger partial charge in [-0.3, -0.25) is 4.98 Å². The first-order chi connectivity index (χ1) is 16.6. The maximum atomic E-state index is 14.8. The lowest BCUT2D eigenvalue weighted by atomic mass is 9.86. The molecule has 11 heteroatoms. The Labute approximate surface area is 197 Å². The van der Waals surface area contributed by atoms with E-state index in [0.29, 0.717) is 22.7 Å². The highest BCUT2D eigenvalue weighted by Gasteiger charge is 2.49. The van der Waals surface area contributed by atoms with Gasteiger partial charge in [0.05, 0.1) is 11.9 Å². The van der Waals surface area contributed by atoms with Crippen molar-refractivity contribution in [3.05, 3.63) is 54.0 Å². The molecule has 182 valence electrons. The van der Waals surface area contributed by atoms with Crippen LogP contribution in [0, 0.1) is 17.7 Å². The van der Waals surface area contributed by atoms with Gasteiger partial charge in [0.25, 0.3) is 6.02 Å². The number of amidine groups is 1. The zero-order valence-electron chi connectivity index (χ0n) is 18.7. The van der Waals surface area contributed by atoms with E-state index in [1.54, 1.807) is 25.1 Å². The molecule has 7 nitrogen and oxygen atoms in total. The Morgan fingerprint density at radius 1 is 1.20 bits per heavy atom. The second kappa shape index (κ2) is 9.29. The minimum atomic E-state index is -4.65. The molecule has 0 saturated carbocycles. The molecule has 1 aromatic carbocycles. The van der Waals surface area contributed by atoms with Gasteiger partial charge >= 0.3 is 6.18 Å². The van der Waals surface area contributed by atoms with E-state index in [4.69, 9.17) is 19.7 Å². The summed E-state index contributed by atoms with van der Waals surface area (Å²) >= 11 is 0. The number of aromatic nitrogens is 2. The van der Waals surface area contributed by atoms with Gasteiger partial charge in [-0.15, -0.1) is 5.92 Å². The zero-order valence-corrected chi connectivity index (χ0v) is 18.7. The number of benzene rings is 1. The Morgan fingerprint density at radius 3 is 2.69 bits per heavy atom. The molecular formula is C24H20F4N4O3. The fourth-order valence-electron chi connectivity index (χ4n) is 3.65. The van der Waals surface area contributed by atoms with E-state index in [1.807, 2.05) is 0 Å². The molecule has 2 N–H and O–H groups in total. The van der Waals surface area contributed by atoms with E-state index < -0.39 is 36.1 Å². The Morgan fingerprint density at radius 2 is 2.00 bits per heavy atom. The largest absolute Gasteiger partial charge is 0.479 e. The van der Waals surface area contributed by atoms with Crippen molar-refractivity contribution < 1.29 is 31.6 Å². The summed E-state index contributed by atoms with van der Waals surface area (Å²) in [6.45, 7) is 3.28. The summed E-state index contributed by atoms with van der Waals surface area (Å²) in [5.41, 5.74) is 4.97. The molecule has 2 aromatic heterocycles. The molecule has 1 aliphatic heterocycles. The first kappa shape index (κ1) is 24.1. The molecule has 0 unspecified atom stereocenters. The minimum Gasteiger partial charge on any atom is -0.479 e. The van der Waals surface area contributed by atoms with E-state index in [2.05, 4.69) is 27.0 Å². The number of pyridine rings is 1. The molecule has 0 amide bonds. The monoisotopic (exact) mass is 488 g/mol. The summed E-state index contributed by atoms with van der Waals surface area (Å²) in [7, 11) is 0. The molecule has 1 aliphatic rings. The standard InChI is InChI=1S/C24H20F4N4O3/c1-3-4-9-33-15-6-8-18(30-13-15)19-11-20(35-32-19)14-5-7-17(25)16(10-14)23(2)12-21(24(26,27)28)31-22(29)34-23/h5-8,10-11,13,21H,9,12H2,1-2H3,(H2,29,31)/t21-,23-/m0/s1. The molecule has 3 heterocycles. The number of hydrogen-bond acceptors (Lipinski definition) is 7. The fraction of sp³-hybridized carbons (Fsp3) is 0.292. The third-order valence-corrected chi connectivity index (χ3v) is 5.39. The van der Waals surface area contributed by atoms with Crippen molar-refractivity contribution >= 4 is 6.02 Å². The fourth-order valence-corrected chi connectivity index (χ4v) is 3.65. The highest BCUT2D eigenvalue weighted by atomic mass is 19.4. The van der Waals surface area contributed by atoms with Crippen LogP contribution in [0.5, 0.6) is 5.75 Å².